The van der Waals surface area contributed by atoms with E-state index in [0.717, 1.165) is 43.9 Å². The zero-order valence-corrected chi connectivity index (χ0v) is 19.4. The molecule has 1 atom stereocenters. The number of benzene rings is 3. The maximum absolute atomic E-state index is 12.1. The van der Waals surface area contributed by atoms with Gasteiger partial charge in [-0.15, -0.1) is 0 Å². The fourth-order valence-electron chi connectivity index (χ4n) is 5.32. The van der Waals surface area contributed by atoms with Crippen molar-refractivity contribution in [2.24, 2.45) is 5.73 Å². The molecule has 33 heavy (non-hydrogen) atoms. The van der Waals surface area contributed by atoms with Crippen LogP contribution in [0.15, 0.2) is 72.8 Å². The van der Waals surface area contributed by atoms with E-state index < -0.39 is 0 Å². The predicted octanol–water partition coefficient (Wildman–Crippen LogP) is 4.95. The Balaban J connectivity index is 1.36. The molecule has 3 aromatic carbocycles. The molecule has 1 saturated heterocycles. The number of amides is 1. The van der Waals surface area contributed by atoms with E-state index in [1.165, 1.54) is 16.9 Å². The van der Waals surface area contributed by atoms with Crippen molar-refractivity contribution in [1.82, 2.24) is 0 Å². The summed E-state index contributed by atoms with van der Waals surface area (Å²) in [5.41, 5.74) is 12.0. The normalized spacial score (nSPS) is 19.5. The number of carbonyl (C=O) groups excluding carboxylic acids is 1. The SMILES string of the molecule is CC1(C)CC(c2cccc(N3CCN(c4ccccc4)CC3)c2)Nc2c(C(N)=O)cccc21. The number of para-hydroxylation sites is 2. The molecule has 5 nitrogen and oxygen atoms in total. The van der Waals surface area contributed by atoms with Gasteiger partial charge in [0.25, 0.3) is 5.91 Å². The van der Waals surface area contributed by atoms with E-state index in [0.29, 0.717) is 5.56 Å². The number of piperazine rings is 1. The van der Waals surface area contributed by atoms with Gasteiger partial charge in [-0.25, -0.2) is 0 Å². The number of carbonyl (C=O) groups is 1. The molecule has 1 amide bonds. The summed E-state index contributed by atoms with van der Waals surface area (Å²) in [7, 11) is 0. The maximum Gasteiger partial charge on any atom is 0.250 e. The van der Waals surface area contributed by atoms with Crippen LogP contribution >= 0.6 is 0 Å². The van der Waals surface area contributed by atoms with Crippen LogP contribution in [0.25, 0.3) is 0 Å². The van der Waals surface area contributed by atoms with Gasteiger partial charge in [-0.2, -0.15) is 0 Å². The molecule has 2 aliphatic heterocycles. The minimum absolute atomic E-state index is 0.0615. The first kappa shape index (κ1) is 21.4. The highest BCUT2D eigenvalue weighted by Gasteiger charge is 2.35. The van der Waals surface area contributed by atoms with Gasteiger partial charge in [0.05, 0.1) is 17.3 Å². The molecule has 5 rings (SSSR count). The molecule has 170 valence electrons. The minimum Gasteiger partial charge on any atom is -0.377 e. The first-order valence-electron chi connectivity index (χ1n) is 11.8. The Hall–Kier alpha value is -3.47. The van der Waals surface area contributed by atoms with Crippen molar-refractivity contribution in [2.45, 2.75) is 31.7 Å². The molecule has 2 aliphatic rings. The largest absolute Gasteiger partial charge is 0.377 e. The number of hydrogen-bond acceptors (Lipinski definition) is 4. The van der Waals surface area contributed by atoms with Gasteiger partial charge in [0, 0.05) is 37.6 Å². The highest BCUT2D eigenvalue weighted by Crippen LogP contribution is 2.45. The Bertz CT molecular complexity index is 1150. The fourth-order valence-corrected chi connectivity index (χ4v) is 5.32. The van der Waals surface area contributed by atoms with Crippen LogP contribution in [0.1, 0.15) is 47.8 Å². The monoisotopic (exact) mass is 440 g/mol. The second kappa shape index (κ2) is 8.47. The summed E-state index contributed by atoms with van der Waals surface area (Å²) in [6, 6.07) is 25.5. The Morgan fingerprint density at radius 1 is 0.879 bits per heavy atom. The number of hydrogen-bond donors (Lipinski definition) is 2. The number of rotatable bonds is 4. The third kappa shape index (κ3) is 4.15. The summed E-state index contributed by atoms with van der Waals surface area (Å²) in [4.78, 5) is 17.0. The molecule has 0 radical (unpaired) electrons. The number of anilines is 3. The summed E-state index contributed by atoms with van der Waals surface area (Å²) < 4.78 is 0. The smallest absolute Gasteiger partial charge is 0.250 e. The molecule has 0 saturated carbocycles. The lowest BCUT2D eigenvalue weighted by Crippen LogP contribution is -2.46. The summed E-state index contributed by atoms with van der Waals surface area (Å²) >= 11 is 0. The van der Waals surface area contributed by atoms with Crippen molar-refractivity contribution in [3.8, 4) is 0 Å². The van der Waals surface area contributed by atoms with Crippen molar-refractivity contribution >= 4 is 23.0 Å². The van der Waals surface area contributed by atoms with Gasteiger partial charge in [-0.1, -0.05) is 56.3 Å². The third-order valence-electron chi connectivity index (χ3n) is 7.13. The van der Waals surface area contributed by atoms with Crippen LogP contribution in [0.3, 0.4) is 0 Å². The van der Waals surface area contributed by atoms with Gasteiger partial charge in [0.15, 0.2) is 0 Å². The number of nitrogens with one attached hydrogen (secondary N) is 1. The van der Waals surface area contributed by atoms with Gasteiger partial charge in [-0.3, -0.25) is 4.79 Å². The molecule has 5 heteroatoms. The van der Waals surface area contributed by atoms with E-state index in [1.54, 1.807) is 0 Å². The Labute approximate surface area is 196 Å². The summed E-state index contributed by atoms with van der Waals surface area (Å²) in [5, 5.41) is 3.65. The molecular weight excluding hydrogens is 408 g/mol. The van der Waals surface area contributed by atoms with E-state index in [9.17, 15) is 4.79 Å². The average Bonchev–Trinajstić information content (AvgIpc) is 2.84. The zero-order chi connectivity index (χ0) is 23.0. The second-order valence-corrected chi connectivity index (χ2v) is 9.78. The third-order valence-corrected chi connectivity index (χ3v) is 7.13. The number of nitrogens with two attached hydrogens (primary N) is 1. The Morgan fingerprint density at radius 3 is 2.21 bits per heavy atom. The molecule has 1 fully saturated rings. The topological polar surface area (TPSA) is 61.6 Å². The Kier molecular flexibility index (Phi) is 5.49. The standard InChI is InChI=1S/C28H32N4O/c1-28(2)19-25(30-26-23(27(29)33)12-7-13-24(26)28)20-8-6-11-22(18-20)32-16-14-31(15-17-32)21-9-4-3-5-10-21/h3-13,18,25,30H,14-17,19H2,1-2H3,(H2,29,33). The summed E-state index contributed by atoms with van der Waals surface area (Å²) in [6.07, 6.45) is 0.952. The van der Waals surface area contributed by atoms with E-state index in [2.05, 4.69) is 89.6 Å². The van der Waals surface area contributed by atoms with Crippen LogP contribution < -0.4 is 20.9 Å². The number of nitrogens with zero attached hydrogens (tertiary/aromatic N) is 2. The first-order valence-corrected chi connectivity index (χ1v) is 11.8. The van der Waals surface area contributed by atoms with E-state index in [1.807, 2.05) is 12.1 Å². The molecule has 2 heterocycles. The van der Waals surface area contributed by atoms with Crippen molar-refractivity contribution in [1.29, 1.82) is 0 Å². The molecular formula is C28H32N4O. The van der Waals surface area contributed by atoms with Crippen molar-refractivity contribution in [2.75, 3.05) is 41.3 Å². The second-order valence-electron chi connectivity index (χ2n) is 9.78. The van der Waals surface area contributed by atoms with Crippen LogP contribution in [-0.2, 0) is 5.41 Å². The molecule has 3 N–H and O–H groups in total. The number of fused-ring (bicyclic) bond motifs is 1. The summed E-state index contributed by atoms with van der Waals surface area (Å²) in [6.45, 7) is 8.51. The van der Waals surface area contributed by atoms with Crippen LogP contribution in [0.5, 0.6) is 0 Å². The van der Waals surface area contributed by atoms with Gasteiger partial charge >= 0.3 is 0 Å². The first-order chi connectivity index (χ1) is 15.9. The lowest BCUT2D eigenvalue weighted by atomic mass is 9.73. The highest BCUT2D eigenvalue weighted by atomic mass is 16.1. The molecule has 3 aromatic rings. The molecule has 0 aromatic heterocycles. The maximum atomic E-state index is 12.1. The van der Waals surface area contributed by atoms with Crippen molar-refractivity contribution < 1.29 is 4.79 Å². The van der Waals surface area contributed by atoms with E-state index in [-0.39, 0.29) is 17.4 Å². The molecule has 0 spiro atoms. The lowest BCUT2D eigenvalue weighted by Gasteiger charge is -2.40. The quantitative estimate of drug-likeness (QED) is 0.603. The fraction of sp³-hybridized carbons (Fsp3) is 0.321. The van der Waals surface area contributed by atoms with E-state index >= 15 is 0 Å². The Morgan fingerprint density at radius 2 is 1.52 bits per heavy atom. The van der Waals surface area contributed by atoms with Gasteiger partial charge in [0.2, 0.25) is 0 Å². The van der Waals surface area contributed by atoms with Gasteiger partial charge in [0.1, 0.15) is 0 Å². The zero-order valence-electron chi connectivity index (χ0n) is 19.4. The predicted molar refractivity (Wildman–Crippen MR) is 136 cm³/mol. The van der Waals surface area contributed by atoms with Gasteiger partial charge < -0.3 is 20.9 Å². The van der Waals surface area contributed by atoms with Crippen LogP contribution in [0.2, 0.25) is 0 Å². The van der Waals surface area contributed by atoms with Crippen molar-refractivity contribution in [3.05, 3.63) is 89.5 Å². The van der Waals surface area contributed by atoms with Crippen LogP contribution in [0.4, 0.5) is 17.1 Å². The van der Waals surface area contributed by atoms with Gasteiger partial charge in [-0.05, 0) is 53.3 Å². The van der Waals surface area contributed by atoms with Crippen LogP contribution in [-0.4, -0.2) is 32.1 Å². The minimum atomic E-state index is -0.388. The van der Waals surface area contributed by atoms with Crippen molar-refractivity contribution in [3.63, 3.8) is 0 Å². The number of primary amides is 1. The summed E-state index contributed by atoms with van der Waals surface area (Å²) in [5.74, 6) is -0.388. The lowest BCUT2D eigenvalue weighted by molar-refractivity contribution is 0.100. The average molecular weight is 441 g/mol. The molecule has 1 unspecified atom stereocenters. The van der Waals surface area contributed by atoms with E-state index in [4.69, 9.17) is 5.73 Å². The van der Waals surface area contributed by atoms with Crippen LogP contribution in [0, 0.1) is 0 Å². The molecule has 0 bridgehead atoms. The molecule has 0 aliphatic carbocycles. The highest BCUT2D eigenvalue weighted by molar-refractivity contribution is 5.99.